The lowest BCUT2D eigenvalue weighted by atomic mass is 10.3. The zero-order valence-electron chi connectivity index (χ0n) is 4.94. The van der Waals surface area contributed by atoms with Crippen LogP contribution in [0.25, 0.3) is 0 Å². The van der Waals surface area contributed by atoms with Gasteiger partial charge in [0.05, 0.1) is 10.7 Å². The van der Waals surface area contributed by atoms with Crippen LogP contribution in [0.15, 0.2) is 16.6 Å². The Hall–Kier alpha value is -0.410. The van der Waals surface area contributed by atoms with Crippen LogP contribution < -0.4 is 5.73 Å². The number of hydrogen-bond acceptors (Lipinski definition) is 2. The second-order valence-corrected chi connectivity index (χ2v) is 3.09. The molecule has 0 unspecified atom stereocenters. The molecular weight excluding hydrogens is 217 g/mol. The largest absolute Gasteiger partial charge is 0.506 e. The van der Waals surface area contributed by atoms with Crippen molar-refractivity contribution in [3.8, 4) is 5.75 Å². The lowest BCUT2D eigenvalue weighted by Gasteiger charge is -1.99. The van der Waals surface area contributed by atoms with E-state index in [0.29, 0.717) is 9.50 Å². The molecule has 3 N–H and O–H groups in total. The number of phenolic OH excluding ortho intramolecular Hbond substituents is 1. The number of nitrogens with two attached hydrogens (primary N) is 1. The Labute approximate surface area is 71.7 Å². The molecule has 0 radical (unpaired) electrons. The standard InChI is InChI=1S/C6H5BrClNO/c7-3-1-6(10)5(9)2-4(3)8/h1-2,10H,9H2. The molecule has 2 nitrogen and oxygen atoms in total. The van der Waals surface area contributed by atoms with Gasteiger partial charge in [-0.1, -0.05) is 11.6 Å². The second-order valence-electron chi connectivity index (χ2n) is 1.83. The zero-order valence-corrected chi connectivity index (χ0v) is 7.28. The summed E-state index contributed by atoms with van der Waals surface area (Å²) in [6, 6.07) is 2.94. The Balaban J connectivity index is 3.28. The lowest BCUT2D eigenvalue weighted by Crippen LogP contribution is -1.84. The number of benzene rings is 1. The van der Waals surface area contributed by atoms with Crippen molar-refractivity contribution in [3.05, 3.63) is 21.6 Å². The van der Waals surface area contributed by atoms with Gasteiger partial charge in [-0.15, -0.1) is 0 Å². The van der Waals surface area contributed by atoms with Gasteiger partial charge in [0.15, 0.2) is 0 Å². The highest BCUT2D eigenvalue weighted by atomic mass is 79.9. The zero-order chi connectivity index (χ0) is 7.72. The van der Waals surface area contributed by atoms with Gasteiger partial charge in [0.2, 0.25) is 0 Å². The van der Waals surface area contributed by atoms with E-state index in [2.05, 4.69) is 15.9 Å². The molecule has 4 heteroatoms. The number of aromatic hydroxyl groups is 1. The molecule has 0 bridgehead atoms. The van der Waals surface area contributed by atoms with Gasteiger partial charge in [0, 0.05) is 4.47 Å². The Bertz CT molecular complexity index is 214. The highest BCUT2D eigenvalue weighted by Crippen LogP contribution is 2.31. The summed E-state index contributed by atoms with van der Waals surface area (Å²) in [6.07, 6.45) is 0. The SMILES string of the molecule is Nc1cc(Cl)c(Br)cc1O. The van der Waals surface area contributed by atoms with Gasteiger partial charge < -0.3 is 10.8 Å². The van der Waals surface area contributed by atoms with Crippen LogP contribution in [0.4, 0.5) is 5.69 Å². The number of halogens is 2. The predicted octanol–water partition coefficient (Wildman–Crippen LogP) is 2.39. The molecule has 1 aromatic carbocycles. The molecule has 0 aliphatic heterocycles. The first-order chi connectivity index (χ1) is 4.61. The van der Waals surface area contributed by atoms with E-state index in [0.717, 1.165) is 0 Å². The maximum Gasteiger partial charge on any atom is 0.139 e. The third-order valence-electron chi connectivity index (χ3n) is 1.07. The van der Waals surface area contributed by atoms with Crippen LogP contribution in [0.3, 0.4) is 0 Å². The minimum absolute atomic E-state index is 0.0382. The first kappa shape index (κ1) is 7.69. The number of rotatable bonds is 0. The molecular formula is C6H5BrClNO. The summed E-state index contributed by atoms with van der Waals surface area (Å²) in [6.45, 7) is 0. The minimum Gasteiger partial charge on any atom is -0.506 e. The minimum atomic E-state index is 0.0382. The van der Waals surface area contributed by atoms with Crippen LogP contribution in [0.5, 0.6) is 5.75 Å². The van der Waals surface area contributed by atoms with Crippen molar-refractivity contribution in [2.24, 2.45) is 0 Å². The quantitative estimate of drug-likeness (QED) is 0.523. The molecule has 0 heterocycles. The smallest absolute Gasteiger partial charge is 0.139 e. The van der Waals surface area contributed by atoms with Crippen molar-refractivity contribution in [1.29, 1.82) is 0 Å². The van der Waals surface area contributed by atoms with Crippen molar-refractivity contribution in [2.75, 3.05) is 5.73 Å². The van der Waals surface area contributed by atoms with E-state index in [-0.39, 0.29) is 11.4 Å². The normalized spacial score (nSPS) is 9.80. The fourth-order valence-corrected chi connectivity index (χ4v) is 1.06. The lowest BCUT2D eigenvalue weighted by molar-refractivity contribution is 0.477. The summed E-state index contributed by atoms with van der Waals surface area (Å²) in [4.78, 5) is 0. The maximum atomic E-state index is 9.01. The Morgan fingerprint density at radius 3 is 2.60 bits per heavy atom. The molecule has 0 spiro atoms. The molecule has 10 heavy (non-hydrogen) atoms. The van der Waals surface area contributed by atoms with Crippen LogP contribution in [0.2, 0.25) is 5.02 Å². The predicted molar refractivity (Wildman–Crippen MR) is 45.2 cm³/mol. The second kappa shape index (κ2) is 2.68. The van der Waals surface area contributed by atoms with Crippen molar-refractivity contribution in [3.63, 3.8) is 0 Å². The molecule has 0 saturated carbocycles. The summed E-state index contributed by atoms with van der Waals surface area (Å²) in [7, 11) is 0. The molecule has 1 rings (SSSR count). The summed E-state index contributed by atoms with van der Waals surface area (Å²) in [5.74, 6) is 0.0382. The van der Waals surface area contributed by atoms with Crippen molar-refractivity contribution in [2.45, 2.75) is 0 Å². The van der Waals surface area contributed by atoms with E-state index in [1.165, 1.54) is 12.1 Å². The van der Waals surface area contributed by atoms with Crippen molar-refractivity contribution in [1.82, 2.24) is 0 Å². The Morgan fingerprint density at radius 1 is 1.50 bits per heavy atom. The third kappa shape index (κ3) is 1.36. The van der Waals surface area contributed by atoms with Gasteiger partial charge >= 0.3 is 0 Å². The summed E-state index contributed by atoms with van der Waals surface area (Å²) in [5.41, 5.74) is 5.62. The van der Waals surface area contributed by atoms with E-state index >= 15 is 0 Å². The highest BCUT2D eigenvalue weighted by molar-refractivity contribution is 9.10. The average Bonchev–Trinajstić information content (AvgIpc) is 1.84. The van der Waals surface area contributed by atoms with E-state index < -0.39 is 0 Å². The van der Waals surface area contributed by atoms with Gasteiger partial charge in [-0.3, -0.25) is 0 Å². The molecule has 0 saturated heterocycles. The molecule has 54 valence electrons. The molecule has 0 fully saturated rings. The van der Waals surface area contributed by atoms with Crippen molar-refractivity contribution < 1.29 is 5.11 Å². The van der Waals surface area contributed by atoms with Crippen LogP contribution in [0, 0.1) is 0 Å². The van der Waals surface area contributed by atoms with Gasteiger partial charge in [-0.25, -0.2) is 0 Å². The molecule has 0 aliphatic carbocycles. The van der Waals surface area contributed by atoms with E-state index in [4.69, 9.17) is 22.4 Å². The summed E-state index contributed by atoms with van der Waals surface area (Å²) < 4.78 is 0.640. The van der Waals surface area contributed by atoms with Gasteiger partial charge in [-0.05, 0) is 28.1 Å². The fourth-order valence-electron chi connectivity index (χ4n) is 0.552. The topological polar surface area (TPSA) is 46.2 Å². The van der Waals surface area contributed by atoms with Crippen LogP contribution in [-0.2, 0) is 0 Å². The van der Waals surface area contributed by atoms with E-state index in [1.54, 1.807) is 0 Å². The average molecular weight is 222 g/mol. The summed E-state index contributed by atoms with van der Waals surface area (Å²) >= 11 is 8.78. The van der Waals surface area contributed by atoms with Crippen LogP contribution in [-0.4, -0.2) is 5.11 Å². The van der Waals surface area contributed by atoms with Crippen LogP contribution >= 0.6 is 27.5 Å². The van der Waals surface area contributed by atoms with Gasteiger partial charge in [-0.2, -0.15) is 0 Å². The fraction of sp³-hybridized carbons (Fsp3) is 0. The number of nitrogen functional groups attached to an aromatic ring is 1. The summed E-state index contributed by atoms with van der Waals surface area (Å²) in [5, 5.41) is 9.51. The molecule has 1 aromatic rings. The first-order valence-corrected chi connectivity index (χ1v) is 3.72. The number of anilines is 1. The maximum absolute atomic E-state index is 9.01. The Morgan fingerprint density at radius 2 is 2.10 bits per heavy atom. The molecule has 0 aromatic heterocycles. The van der Waals surface area contributed by atoms with E-state index in [1.807, 2.05) is 0 Å². The monoisotopic (exact) mass is 221 g/mol. The molecule has 0 atom stereocenters. The van der Waals surface area contributed by atoms with Crippen LogP contribution in [0.1, 0.15) is 0 Å². The first-order valence-electron chi connectivity index (χ1n) is 2.54. The van der Waals surface area contributed by atoms with Crippen molar-refractivity contribution >= 4 is 33.2 Å². The highest BCUT2D eigenvalue weighted by Gasteiger charge is 2.01. The Kier molecular flexibility index (Phi) is 2.06. The number of phenols is 1. The third-order valence-corrected chi connectivity index (χ3v) is 2.27. The van der Waals surface area contributed by atoms with E-state index in [9.17, 15) is 0 Å². The van der Waals surface area contributed by atoms with Gasteiger partial charge in [0.1, 0.15) is 5.75 Å². The molecule has 0 aliphatic rings. The number of hydrogen-bond donors (Lipinski definition) is 2. The molecule has 0 amide bonds. The van der Waals surface area contributed by atoms with Gasteiger partial charge in [0.25, 0.3) is 0 Å².